The summed E-state index contributed by atoms with van der Waals surface area (Å²) in [5.74, 6) is -5.95. The summed E-state index contributed by atoms with van der Waals surface area (Å²) in [4.78, 5) is 70.8. The minimum Gasteiger partial charge on any atom is -0.511 e. The zero-order valence-corrected chi connectivity index (χ0v) is 38.8. The van der Waals surface area contributed by atoms with Gasteiger partial charge >= 0.3 is 12.1 Å². The number of allylic oxidation sites excluding steroid dienone is 3. The molecule has 4 heterocycles. The number of esters is 1. The van der Waals surface area contributed by atoms with Gasteiger partial charge in [-0.2, -0.15) is 0 Å². The Bertz CT molecular complexity index is 2090. The topological polar surface area (TPSA) is 258 Å². The van der Waals surface area contributed by atoms with Gasteiger partial charge in [0, 0.05) is 38.0 Å². The van der Waals surface area contributed by atoms with Crippen LogP contribution in [0.5, 0.6) is 0 Å². The molecule has 0 aromatic carbocycles. The number of carbonyl (C=O) groups excluding carboxylic acids is 5. The van der Waals surface area contributed by atoms with Crippen molar-refractivity contribution in [2.24, 2.45) is 35.3 Å². The lowest BCUT2D eigenvalue weighted by Gasteiger charge is -2.50. The number of likely N-dealkylation sites (tertiary alicyclic amines) is 1. The zero-order valence-electron chi connectivity index (χ0n) is 37.3. The third-order valence-corrected chi connectivity index (χ3v) is 14.4. The number of aromatic amines is 1. The number of rotatable bonds is 11. The van der Waals surface area contributed by atoms with Crippen molar-refractivity contribution in [2.45, 2.75) is 148 Å². The Morgan fingerprint density at radius 1 is 1.05 bits per heavy atom. The quantitative estimate of drug-likeness (QED) is 0.0599. The molecule has 3 amide bonds. The van der Waals surface area contributed by atoms with Gasteiger partial charge in [0.1, 0.15) is 40.9 Å². The van der Waals surface area contributed by atoms with Gasteiger partial charge in [0.15, 0.2) is 30.5 Å². The predicted octanol–water partition coefficient (Wildman–Crippen LogP) is 4.17. The maximum Gasteiger partial charge on any atom is 0.405 e. The predicted molar refractivity (Wildman–Crippen MR) is 230 cm³/mol. The largest absolute Gasteiger partial charge is 0.511 e. The highest BCUT2D eigenvalue weighted by Gasteiger charge is 2.59. The third kappa shape index (κ3) is 8.96. The van der Waals surface area contributed by atoms with Crippen molar-refractivity contribution in [3.8, 4) is 0 Å². The smallest absolute Gasteiger partial charge is 0.405 e. The normalized spacial score (nSPS) is 37.9. The lowest BCUT2D eigenvalue weighted by Crippen LogP contribution is -2.66. The molecule has 3 aliphatic heterocycles. The highest BCUT2D eigenvalue weighted by molar-refractivity contribution is 6.44. The van der Waals surface area contributed by atoms with Crippen LogP contribution in [0.1, 0.15) is 83.9 Å². The van der Waals surface area contributed by atoms with Crippen molar-refractivity contribution in [2.75, 3.05) is 7.11 Å². The molecule has 7 N–H and O–H groups in total. The molecule has 4 fully saturated rings. The fourth-order valence-corrected chi connectivity index (χ4v) is 10.7. The number of Topliss-reactive ketones (excluding diaryl/α,β-unsaturated/α-hetero) is 1. The Kier molecular flexibility index (Phi) is 14.7. The van der Waals surface area contributed by atoms with Gasteiger partial charge in [0.05, 0.1) is 34.4 Å². The Morgan fingerprint density at radius 2 is 1.72 bits per heavy atom. The molecule has 18 nitrogen and oxygen atoms in total. The van der Waals surface area contributed by atoms with Crippen LogP contribution in [0.2, 0.25) is 10.0 Å². The van der Waals surface area contributed by atoms with Crippen LogP contribution in [-0.4, -0.2) is 135 Å². The van der Waals surface area contributed by atoms with Crippen LogP contribution >= 0.6 is 23.2 Å². The van der Waals surface area contributed by atoms with Gasteiger partial charge in [-0.15, -0.1) is 0 Å². The van der Waals surface area contributed by atoms with Gasteiger partial charge in [0.25, 0.3) is 11.8 Å². The molecule has 1 aromatic rings. The second-order valence-corrected chi connectivity index (χ2v) is 18.8. The van der Waals surface area contributed by atoms with E-state index in [1.807, 2.05) is 19.1 Å². The number of nitrogens with two attached hydrogens (primary N) is 1. The standard InChI is InChI=1S/C44H60Cl2N4O14/c1-16(2)33-35(53)29(41(56)50(33)42-38(59-10)37(62-23(9)51)36(20(6)61-42)64-43(47)57)34(52)28-18(4)11-13-24-25(14-12-17(3)27(24)28)63-26-15-44(58,39(54)21(7)60-26)22(8)49-40(55)32-31(46)30(45)19(5)48-32/h11,13,16,18,20-22,24-28,33,36-39,42,48,52,54,58H,3,12,14-15H2,1-2,4-10H3,(H2,47,57)(H,49,55)/b34-29-/t18-,20+,21+,22-,24-,25+,26-,27-,28?,33-,36-,37-,38-,39+,42-,44+/m0/s1. The van der Waals surface area contributed by atoms with Crippen LogP contribution in [-0.2, 0) is 42.8 Å². The van der Waals surface area contributed by atoms with E-state index in [9.17, 15) is 39.3 Å². The summed E-state index contributed by atoms with van der Waals surface area (Å²) in [6.45, 7) is 17.2. The number of halogens is 2. The number of fused-ring (bicyclic) bond motifs is 1. The molecule has 16 atom stereocenters. The second kappa shape index (κ2) is 19.1. The number of primary amides is 1. The highest BCUT2D eigenvalue weighted by Crippen LogP contribution is 2.51. The maximum absolute atomic E-state index is 14.8. The molecule has 20 heteroatoms. The number of aliphatic hydroxyl groups is 3. The summed E-state index contributed by atoms with van der Waals surface area (Å²) in [7, 11) is 1.29. The fourth-order valence-electron chi connectivity index (χ4n) is 10.3. The molecule has 354 valence electrons. The summed E-state index contributed by atoms with van der Waals surface area (Å²) in [6.07, 6.45) is -6.73. The Balaban J connectivity index is 1.27. The van der Waals surface area contributed by atoms with Crippen LogP contribution in [0.3, 0.4) is 0 Å². The second-order valence-electron chi connectivity index (χ2n) is 18.0. The van der Waals surface area contributed by atoms with E-state index >= 15 is 0 Å². The number of hydrogen-bond donors (Lipinski definition) is 6. The van der Waals surface area contributed by atoms with Crippen LogP contribution in [0.25, 0.3) is 0 Å². The molecule has 5 aliphatic rings. The van der Waals surface area contributed by atoms with Gasteiger partial charge < -0.3 is 59.8 Å². The van der Waals surface area contributed by atoms with E-state index in [2.05, 4.69) is 16.9 Å². The van der Waals surface area contributed by atoms with Crippen molar-refractivity contribution < 1.29 is 67.7 Å². The molecule has 64 heavy (non-hydrogen) atoms. The van der Waals surface area contributed by atoms with E-state index < -0.39 is 144 Å². The number of nitrogens with zero attached hydrogens (tertiary/aromatic N) is 1. The lowest BCUT2D eigenvalue weighted by molar-refractivity contribution is -0.296. The average molecular weight is 940 g/mol. The maximum atomic E-state index is 14.8. The van der Waals surface area contributed by atoms with Crippen LogP contribution < -0.4 is 11.1 Å². The molecule has 1 saturated carbocycles. The number of aromatic nitrogens is 1. The van der Waals surface area contributed by atoms with E-state index in [1.165, 1.54) is 18.9 Å². The van der Waals surface area contributed by atoms with Crippen molar-refractivity contribution in [1.82, 2.24) is 15.2 Å². The number of methoxy groups -OCH3 is 1. The molecule has 2 aliphatic carbocycles. The molecule has 1 unspecified atom stereocenters. The lowest BCUT2D eigenvalue weighted by atomic mass is 9.61. The molecule has 1 aromatic heterocycles. The van der Waals surface area contributed by atoms with Crippen molar-refractivity contribution in [3.63, 3.8) is 0 Å². The van der Waals surface area contributed by atoms with Gasteiger partial charge in [0.2, 0.25) is 0 Å². The number of hydrogen-bond acceptors (Lipinski definition) is 14. The summed E-state index contributed by atoms with van der Waals surface area (Å²) in [5, 5.41) is 38.6. The first-order valence-electron chi connectivity index (χ1n) is 21.5. The Hall–Kier alpha value is -4.01. The Labute approximate surface area is 381 Å². The van der Waals surface area contributed by atoms with Crippen LogP contribution in [0.15, 0.2) is 35.6 Å². The third-order valence-electron chi connectivity index (χ3n) is 13.5. The first-order chi connectivity index (χ1) is 29.9. The number of aliphatic hydroxyl groups excluding tert-OH is 2. The number of carbonyl (C=O) groups is 5. The van der Waals surface area contributed by atoms with E-state index in [4.69, 9.17) is 57.4 Å². The fraction of sp³-hybridized carbons (Fsp3) is 0.659. The number of ether oxygens (including phenoxy) is 6. The first-order valence-corrected chi connectivity index (χ1v) is 22.2. The molecule has 6 rings (SSSR count). The van der Waals surface area contributed by atoms with E-state index in [0.29, 0.717) is 18.5 Å². The Morgan fingerprint density at radius 3 is 2.30 bits per heavy atom. The minimum atomic E-state index is -1.92. The number of amides is 3. The van der Waals surface area contributed by atoms with Crippen LogP contribution in [0.4, 0.5) is 4.79 Å². The van der Waals surface area contributed by atoms with Gasteiger partial charge in [-0.05, 0) is 58.3 Å². The van der Waals surface area contributed by atoms with Crippen molar-refractivity contribution in [3.05, 3.63) is 57.1 Å². The SMILES string of the molecule is C=C1CC[C@@H](O[C@H]2C[C@@](O)([C@H](C)NC(=O)c3[nH]c(C)c(Cl)c3Cl)[C@H](O)[C@@H](C)O2)[C@@H]2C=C[C@H](C)C(/C(O)=C3\C(=O)[C@H](C(C)C)N([C@H]4O[C@H](C)[C@H](OC(N)=O)[C@H](OC(C)=O)[C@@H]4OC)C3=O)[C@@H]12. The summed E-state index contributed by atoms with van der Waals surface area (Å²) in [6, 6.07) is -2.17. The number of nitrogens with one attached hydrogen (secondary N) is 2. The minimum absolute atomic E-state index is 0.00400. The summed E-state index contributed by atoms with van der Waals surface area (Å²) < 4.78 is 35.6. The monoisotopic (exact) mass is 938 g/mol. The summed E-state index contributed by atoms with van der Waals surface area (Å²) in [5.41, 5.74) is 4.24. The molecule has 0 radical (unpaired) electrons. The van der Waals surface area contributed by atoms with Gasteiger partial charge in [-0.3, -0.25) is 24.1 Å². The molecule has 0 spiro atoms. The molecule has 3 saturated heterocycles. The summed E-state index contributed by atoms with van der Waals surface area (Å²) >= 11 is 12.5. The number of ketones is 1. The zero-order chi connectivity index (χ0) is 47.4. The van der Waals surface area contributed by atoms with Gasteiger partial charge in [-0.1, -0.05) is 68.3 Å². The highest BCUT2D eigenvalue weighted by atomic mass is 35.5. The van der Waals surface area contributed by atoms with E-state index in [0.717, 1.165) is 12.5 Å². The molecule has 0 bridgehead atoms. The molecular formula is C44H60Cl2N4O14. The van der Waals surface area contributed by atoms with E-state index in [-0.39, 0.29) is 22.2 Å². The number of H-pyrrole nitrogens is 1. The van der Waals surface area contributed by atoms with Gasteiger partial charge in [-0.25, -0.2) is 4.79 Å². The van der Waals surface area contributed by atoms with E-state index in [1.54, 1.807) is 34.6 Å². The van der Waals surface area contributed by atoms with Crippen LogP contribution in [0, 0.1) is 36.5 Å². The molecular weight excluding hydrogens is 879 g/mol. The van der Waals surface area contributed by atoms with Crippen molar-refractivity contribution in [1.29, 1.82) is 0 Å². The number of aryl methyl sites for hydroxylation is 1. The average Bonchev–Trinajstić information content (AvgIpc) is 3.63. The first kappa shape index (κ1) is 49.4. The van der Waals surface area contributed by atoms with Crippen molar-refractivity contribution >= 4 is 52.9 Å².